The van der Waals surface area contributed by atoms with E-state index in [1.807, 2.05) is 44.2 Å². The van der Waals surface area contributed by atoms with Crippen LogP contribution >= 0.6 is 11.6 Å². The minimum Gasteiger partial charge on any atom is -0.490 e. The summed E-state index contributed by atoms with van der Waals surface area (Å²) < 4.78 is 11.6. The highest BCUT2D eigenvalue weighted by Gasteiger charge is 2.07. The van der Waals surface area contributed by atoms with Crippen molar-refractivity contribution < 1.29 is 19.1 Å². The predicted molar refractivity (Wildman–Crippen MR) is 127 cm³/mol. The molecule has 1 amide bonds. The minimum atomic E-state index is -0.320. The number of nitrogens with zero attached hydrogens (tertiary/aromatic N) is 1. The lowest BCUT2D eigenvalue weighted by Gasteiger charge is -2.12. The van der Waals surface area contributed by atoms with E-state index in [-0.39, 0.29) is 12.5 Å². The smallest absolute Gasteiger partial charge is 0.265 e. The number of hydrogen-bond donors (Lipinski definition) is 1. The van der Waals surface area contributed by atoms with Gasteiger partial charge in [0.25, 0.3) is 5.91 Å². The summed E-state index contributed by atoms with van der Waals surface area (Å²) >= 11 is 5.83. The van der Waals surface area contributed by atoms with Gasteiger partial charge in [0.05, 0.1) is 12.8 Å². The van der Waals surface area contributed by atoms with Crippen LogP contribution in [-0.2, 0) is 16.2 Å². The van der Waals surface area contributed by atoms with Gasteiger partial charge in [-0.2, -0.15) is 0 Å². The Morgan fingerprint density at radius 3 is 2.47 bits per heavy atom. The van der Waals surface area contributed by atoms with Crippen LogP contribution in [0.5, 0.6) is 11.5 Å². The van der Waals surface area contributed by atoms with Gasteiger partial charge in [0.15, 0.2) is 18.1 Å². The number of halogens is 1. The Labute approximate surface area is 192 Å². The molecule has 166 valence electrons. The first kappa shape index (κ1) is 23.2. The van der Waals surface area contributed by atoms with Crippen molar-refractivity contribution in [2.24, 2.45) is 5.16 Å². The van der Waals surface area contributed by atoms with Crippen LogP contribution in [0.4, 0.5) is 5.69 Å². The summed E-state index contributed by atoms with van der Waals surface area (Å²) in [6.45, 7) is 4.69. The number of ether oxygens (including phenoxy) is 2. The van der Waals surface area contributed by atoms with Crippen molar-refractivity contribution in [3.63, 3.8) is 0 Å². The molecule has 3 aromatic carbocycles. The van der Waals surface area contributed by atoms with Gasteiger partial charge in [-0.25, -0.2) is 0 Å². The van der Waals surface area contributed by atoms with Crippen LogP contribution in [0.25, 0.3) is 0 Å². The second-order valence-corrected chi connectivity index (χ2v) is 7.41. The molecule has 32 heavy (non-hydrogen) atoms. The fourth-order valence-corrected chi connectivity index (χ4v) is 2.89. The predicted octanol–water partition coefficient (Wildman–Crippen LogP) is 5.62. The van der Waals surface area contributed by atoms with E-state index in [1.54, 1.807) is 24.3 Å². The molecule has 3 rings (SSSR count). The molecule has 7 heteroatoms. The average molecular weight is 453 g/mol. The van der Waals surface area contributed by atoms with Gasteiger partial charge >= 0.3 is 0 Å². The summed E-state index contributed by atoms with van der Waals surface area (Å²) in [6.07, 6.45) is 1.52. The summed E-state index contributed by atoms with van der Waals surface area (Å²) in [5, 5.41) is 7.16. The zero-order valence-electron chi connectivity index (χ0n) is 18.0. The van der Waals surface area contributed by atoms with E-state index in [4.69, 9.17) is 25.9 Å². The molecule has 0 radical (unpaired) electrons. The SMILES string of the molecule is CCOc1cc(/C=N/OCC(=O)Nc2ccc(Cl)cc2)ccc1OCc1ccc(C)cc1. The van der Waals surface area contributed by atoms with Gasteiger partial charge in [0, 0.05) is 16.3 Å². The van der Waals surface area contributed by atoms with Crippen LogP contribution in [0.15, 0.2) is 71.9 Å². The summed E-state index contributed by atoms with van der Waals surface area (Å²) in [4.78, 5) is 17.0. The van der Waals surface area contributed by atoms with Crippen molar-refractivity contribution in [2.75, 3.05) is 18.5 Å². The zero-order chi connectivity index (χ0) is 22.8. The molecule has 0 heterocycles. The molecule has 0 unspecified atom stereocenters. The standard InChI is InChI=1S/C25H25ClN2O4/c1-3-30-24-14-20(8-13-23(24)31-16-19-6-4-18(2)5-7-19)15-27-32-17-25(29)28-22-11-9-21(26)10-12-22/h4-15H,3,16-17H2,1-2H3,(H,28,29)/b27-15+. The Balaban J connectivity index is 1.53. The Bertz CT molecular complexity index is 1050. The first-order valence-electron chi connectivity index (χ1n) is 10.2. The molecule has 0 atom stereocenters. The lowest BCUT2D eigenvalue weighted by Crippen LogP contribution is -2.16. The minimum absolute atomic E-state index is 0.213. The topological polar surface area (TPSA) is 69.2 Å². The molecule has 0 aliphatic rings. The Morgan fingerprint density at radius 2 is 1.75 bits per heavy atom. The number of amides is 1. The van der Waals surface area contributed by atoms with Crippen molar-refractivity contribution in [2.45, 2.75) is 20.5 Å². The zero-order valence-corrected chi connectivity index (χ0v) is 18.8. The first-order valence-corrected chi connectivity index (χ1v) is 10.6. The molecule has 3 aromatic rings. The van der Waals surface area contributed by atoms with E-state index in [9.17, 15) is 4.79 Å². The lowest BCUT2D eigenvalue weighted by molar-refractivity contribution is -0.120. The van der Waals surface area contributed by atoms with Crippen LogP contribution in [0.2, 0.25) is 5.02 Å². The van der Waals surface area contributed by atoms with Gasteiger partial charge in [-0.05, 0) is 61.9 Å². The van der Waals surface area contributed by atoms with Crippen LogP contribution in [0.3, 0.4) is 0 Å². The number of rotatable bonds is 10. The van der Waals surface area contributed by atoms with E-state index in [1.165, 1.54) is 11.8 Å². The second-order valence-electron chi connectivity index (χ2n) is 6.98. The third kappa shape index (κ3) is 7.32. The monoisotopic (exact) mass is 452 g/mol. The lowest BCUT2D eigenvalue weighted by atomic mass is 10.2. The highest BCUT2D eigenvalue weighted by Crippen LogP contribution is 2.29. The van der Waals surface area contributed by atoms with Gasteiger partial charge < -0.3 is 19.6 Å². The third-order valence-electron chi connectivity index (χ3n) is 4.38. The van der Waals surface area contributed by atoms with Gasteiger partial charge in [-0.15, -0.1) is 0 Å². The summed E-state index contributed by atoms with van der Waals surface area (Å²) in [5.41, 5.74) is 3.68. The summed E-state index contributed by atoms with van der Waals surface area (Å²) in [7, 11) is 0. The van der Waals surface area contributed by atoms with E-state index in [2.05, 4.69) is 22.6 Å². The Hall–Kier alpha value is -3.51. The fraction of sp³-hybridized carbons (Fsp3) is 0.200. The fourth-order valence-electron chi connectivity index (χ4n) is 2.76. The van der Waals surface area contributed by atoms with Crippen molar-refractivity contribution in [3.05, 3.63) is 88.4 Å². The van der Waals surface area contributed by atoms with Crippen LogP contribution < -0.4 is 14.8 Å². The maximum absolute atomic E-state index is 11.9. The van der Waals surface area contributed by atoms with Crippen molar-refractivity contribution >= 4 is 29.4 Å². The van der Waals surface area contributed by atoms with Gasteiger partial charge in [0.1, 0.15) is 6.61 Å². The summed E-state index contributed by atoms with van der Waals surface area (Å²) in [5.74, 6) is 0.941. The number of carbonyl (C=O) groups is 1. The van der Waals surface area contributed by atoms with Crippen LogP contribution in [0, 0.1) is 6.92 Å². The highest BCUT2D eigenvalue weighted by molar-refractivity contribution is 6.30. The quantitative estimate of drug-likeness (QED) is 0.320. The maximum Gasteiger partial charge on any atom is 0.265 e. The van der Waals surface area contributed by atoms with E-state index >= 15 is 0 Å². The number of hydrogen-bond acceptors (Lipinski definition) is 5. The average Bonchev–Trinajstić information content (AvgIpc) is 2.79. The highest BCUT2D eigenvalue weighted by atomic mass is 35.5. The molecule has 0 saturated heterocycles. The second kappa shape index (κ2) is 11.8. The molecule has 0 bridgehead atoms. The first-order chi connectivity index (χ1) is 15.5. The number of anilines is 1. The molecule has 6 nitrogen and oxygen atoms in total. The number of oxime groups is 1. The normalized spacial score (nSPS) is 10.7. The van der Waals surface area contributed by atoms with Crippen molar-refractivity contribution in [1.29, 1.82) is 0 Å². The number of carbonyl (C=O) groups excluding carboxylic acids is 1. The van der Waals surface area contributed by atoms with Crippen molar-refractivity contribution in [1.82, 2.24) is 0 Å². The van der Waals surface area contributed by atoms with E-state index in [0.717, 1.165) is 11.1 Å². The summed E-state index contributed by atoms with van der Waals surface area (Å²) in [6, 6.07) is 20.5. The molecular weight excluding hydrogens is 428 g/mol. The van der Waals surface area contributed by atoms with E-state index < -0.39 is 0 Å². The number of aryl methyl sites for hydroxylation is 1. The Morgan fingerprint density at radius 1 is 1.00 bits per heavy atom. The molecule has 0 aliphatic heterocycles. The molecule has 0 aromatic heterocycles. The van der Waals surface area contributed by atoms with Gasteiger partial charge in [-0.1, -0.05) is 46.6 Å². The molecule has 1 N–H and O–H groups in total. The third-order valence-corrected chi connectivity index (χ3v) is 4.63. The number of benzene rings is 3. The number of nitrogens with one attached hydrogen (secondary N) is 1. The van der Waals surface area contributed by atoms with Gasteiger partial charge in [-0.3, -0.25) is 4.79 Å². The molecule has 0 fully saturated rings. The van der Waals surface area contributed by atoms with Gasteiger partial charge in [0.2, 0.25) is 0 Å². The van der Waals surface area contributed by atoms with Crippen LogP contribution in [-0.4, -0.2) is 25.3 Å². The molecule has 0 spiro atoms. The molecule has 0 saturated carbocycles. The molecular formula is C25H25ClN2O4. The van der Waals surface area contributed by atoms with Crippen LogP contribution in [0.1, 0.15) is 23.6 Å². The Kier molecular flexibility index (Phi) is 8.52. The van der Waals surface area contributed by atoms with E-state index in [0.29, 0.717) is 35.4 Å². The largest absolute Gasteiger partial charge is 0.490 e. The molecule has 0 aliphatic carbocycles. The maximum atomic E-state index is 11.9. The van der Waals surface area contributed by atoms with Crippen molar-refractivity contribution in [3.8, 4) is 11.5 Å².